The van der Waals surface area contributed by atoms with E-state index in [-0.39, 0.29) is 11.3 Å². The van der Waals surface area contributed by atoms with Crippen LogP contribution < -0.4 is 5.32 Å². The van der Waals surface area contributed by atoms with E-state index < -0.39 is 17.4 Å². The minimum absolute atomic E-state index is 0.0576. The maximum atomic E-state index is 11.8. The lowest BCUT2D eigenvalue weighted by atomic mass is 10.1. The molecule has 0 bridgehead atoms. The van der Waals surface area contributed by atoms with Crippen molar-refractivity contribution >= 4 is 27.8 Å². The van der Waals surface area contributed by atoms with Gasteiger partial charge in [0.05, 0.1) is 4.47 Å². The second-order valence-electron chi connectivity index (χ2n) is 4.01. The van der Waals surface area contributed by atoms with Crippen molar-refractivity contribution in [2.45, 2.75) is 18.4 Å². The topological polar surface area (TPSA) is 86.6 Å². The van der Waals surface area contributed by atoms with Gasteiger partial charge in [0.2, 0.25) is 0 Å². The number of carboxylic acids is 1. The molecule has 6 heteroatoms. The minimum Gasteiger partial charge on any atom is -0.507 e. The van der Waals surface area contributed by atoms with Crippen molar-refractivity contribution in [1.82, 2.24) is 5.32 Å². The highest BCUT2D eigenvalue weighted by Crippen LogP contribution is 2.36. The van der Waals surface area contributed by atoms with E-state index in [1.165, 1.54) is 18.2 Å². The van der Waals surface area contributed by atoms with Crippen LogP contribution in [0.3, 0.4) is 0 Å². The number of hydrogen-bond donors (Lipinski definition) is 3. The first-order valence-electron chi connectivity index (χ1n) is 4.99. The summed E-state index contributed by atoms with van der Waals surface area (Å²) in [6.45, 7) is 0. The van der Waals surface area contributed by atoms with E-state index in [0.29, 0.717) is 17.3 Å². The number of phenolic OH excluding ortho intramolecular Hbond substituents is 1. The molecule has 1 aromatic rings. The van der Waals surface area contributed by atoms with E-state index >= 15 is 0 Å². The molecule has 1 aromatic carbocycles. The largest absolute Gasteiger partial charge is 0.507 e. The van der Waals surface area contributed by atoms with E-state index in [1.807, 2.05) is 0 Å². The van der Waals surface area contributed by atoms with E-state index in [0.717, 1.165) is 0 Å². The van der Waals surface area contributed by atoms with Crippen LogP contribution in [0.15, 0.2) is 22.7 Å². The fourth-order valence-electron chi connectivity index (χ4n) is 1.46. The Morgan fingerprint density at radius 1 is 1.35 bits per heavy atom. The summed E-state index contributed by atoms with van der Waals surface area (Å²) >= 11 is 3.10. The Labute approximate surface area is 106 Å². The Bertz CT molecular complexity index is 496. The van der Waals surface area contributed by atoms with Crippen molar-refractivity contribution < 1.29 is 19.8 Å². The maximum Gasteiger partial charge on any atom is 0.329 e. The molecule has 0 aliphatic heterocycles. The zero-order chi connectivity index (χ0) is 12.6. The Kier molecular flexibility index (Phi) is 2.82. The van der Waals surface area contributed by atoms with Crippen LogP contribution in [0.5, 0.6) is 5.75 Å². The molecule has 90 valence electrons. The molecule has 5 nitrogen and oxygen atoms in total. The summed E-state index contributed by atoms with van der Waals surface area (Å²) in [7, 11) is 0. The number of rotatable bonds is 3. The quantitative estimate of drug-likeness (QED) is 0.789. The summed E-state index contributed by atoms with van der Waals surface area (Å²) in [4.78, 5) is 22.7. The van der Waals surface area contributed by atoms with Gasteiger partial charge in [0, 0.05) is 5.56 Å². The molecule has 2 rings (SSSR count). The molecule has 1 aliphatic carbocycles. The van der Waals surface area contributed by atoms with Gasteiger partial charge in [-0.3, -0.25) is 4.79 Å². The SMILES string of the molecule is O=C(NC1(C(=O)O)CC1)c1ccc(Br)c(O)c1. The lowest BCUT2D eigenvalue weighted by molar-refractivity contribution is -0.140. The van der Waals surface area contributed by atoms with Gasteiger partial charge in [-0.25, -0.2) is 4.79 Å². The van der Waals surface area contributed by atoms with Crippen LogP contribution in [0.25, 0.3) is 0 Å². The molecule has 1 aliphatic rings. The van der Waals surface area contributed by atoms with Gasteiger partial charge in [-0.05, 0) is 47.0 Å². The minimum atomic E-state index is -1.11. The number of carbonyl (C=O) groups is 2. The molecule has 0 aromatic heterocycles. The summed E-state index contributed by atoms with van der Waals surface area (Å²) in [6, 6.07) is 4.33. The molecule has 0 radical (unpaired) electrons. The zero-order valence-corrected chi connectivity index (χ0v) is 10.3. The number of hydrogen-bond acceptors (Lipinski definition) is 3. The monoisotopic (exact) mass is 299 g/mol. The maximum absolute atomic E-state index is 11.8. The van der Waals surface area contributed by atoms with Crippen LogP contribution in [-0.2, 0) is 4.79 Å². The average Bonchev–Trinajstić information content (AvgIpc) is 3.03. The predicted octanol–water partition coefficient (Wildman–Crippen LogP) is 1.50. The van der Waals surface area contributed by atoms with Crippen molar-refractivity contribution in [2.24, 2.45) is 0 Å². The Balaban J connectivity index is 2.15. The highest BCUT2D eigenvalue weighted by molar-refractivity contribution is 9.10. The van der Waals surface area contributed by atoms with Crippen LogP contribution in [0.1, 0.15) is 23.2 Å². The average molecular weight is 300 g/mol. The molecule has 1 saturated carbocycles. The van der Waals surface area contributed by atoms with E-state index in [2.05, 4.69) is 21.2 Å². The number of benzene rings is 1. The van der Waals surface area contributed by atoms with Crippen molar-refractivity contribution in [3.8, 4) is 5.75 Å². The van der Waals surface area contributed by atoms with E-state index in [1.54, 1.807) is 0 Å². The van der Waals surface area contributed by atoms with Gasteiger partial charge in [0.15, 0.2) is 0 Å². The summed E-state index contributed by atoms with van der Waals surface area (Å²) < 4.78 is 0.480. The van der Waals surface area contributed by atoms with Crippen LogP contribution in [0.2, 0.25) is 0 Å². The molecule has 0 unspecified atom stereocenters. The summed E-state index contributed by atoms with van der Waals surface area (Å²) in [5, 5.41) is 20.8. The molecular weight excluding hydrogens is 290 g/mol. The number of carboxylic acid groups (broad SMARTS) is 1. The van der Waals surface area contributed by atoms with Crippen LogP contribution >= 0.6 is 15.9 Å². The molecule has 1 amide bonds. The number of halogens is 1. The Morgan fingerprint density at radius 2 is 2.00 bits per heavy atom. The Morgan fingerprint density at radius 3 is 2.47 bits per heavy atom. The smallest absolute Gasteiger partial charge is 0.329 e. The van der Waals surface area contributed by atoms with Crippen molar-refractivity contribution in [2.75, 3.05) is 0 Å². The normalized spacial score (nSPS) is 16.3. The van der Waals surface area contributed by atoms with E-state index in [9.17, 15) is 14.7 Å². The van der Waals surface area contributed by atoms with Crippen LogP contribution in [0, 0.1) is 0 Å². The van der Waals surface area contributed by atoms with Gasteiger partial charge in [0.25, 0.3) is 5.91 Å². The molecule has 0 atom stereocenters. The third kappa shape index (κ3) is 2.26. The molecule has 0 saturated heterocycles. The first-order chi connectivity index (χ1) is 7.94. The third-order valence-corrected chi connectivity index (χ3v) is 3.39. The first-order valence-corrected chi connectivity index (χ1v) is 5.78. The molecule has 3 N–H and O–H groups in total. The zero-order valence-electron chi connectivity index (χ0n) is 8.74. The van der Waals surface area contributed by atoms with Gasteiger partial charge in [-0.2, -0.15) is 0 Å². The lowest BCUT2D eigenvalue weighted by Crippen LogP contribution is -2.43. The van der Waals surface area contributed by atoms with E-state index in [4.69, 9.17) is 5.11 Å². The number of phenols is 1. The molecule has 0 heterocycles. The highest BCUT2D eigenvalue weighted by Gasteiger charge is 2.51. The molecule has 0 spiro atoms. The van der Waals surface area contributed by atoms with Gasteiger partial charge < -0.3 is 15.5 Å². The summed E-state index contributed by atoms with van der Waals surface area (Å²) in [5.41, 5.74) is -0.877. The second kappa shape index (κ2) is 4.03. The predicted molar refractivity (Wildman–Crippen MR) is 62.9 cm³/mol. The molecular formula is C11H10BrNO4. The third-order valence-electron chi connectivity index (χ3n) is 2.72. The summed E-state index contributed by atoms with van der Waals surface area (Å²) in [6.07, 6.45) is 0.882. The second-order valence-corrected chi connectivity index (χ2v) is 4.86. The van der Waals surface area contributed by atoms with Crippen molar-refractivity contribution in [3.05, 3.63) is 28.2 Å². The Hall–Kier alpha value is -1.56. The van der Waals surface area contributed by atoms with Crippen LogP contribution in [0.4, 0.5) is 0 Å². The number of aliphatic carboxylic acids is 1. The molecule has 1 fully saturated rings. The first kappa shape index (κ1) is 11.9. The number of nitrogens with one attached hydrogen (secondary N) is 1. The number of aromatic hydroxyl groups is 1. The molecule has 17 heavy (non-hydrogen) atoms. The van der Waals surface area contributed by atoms with Gasteiger partial charge in [-0.15, -0.1) is 0 Å². The highest BCUT2D eigenvalue weighted by atomic mass is 79.9. The van der Waals surface area contributed by atoms with Gasteiger partial charge >= 0.3 is 5.97 Å². The van der Waals surface area contributed by atoms with Gasteiger partial charge in [0.1, 0.15) is 11.3 Å². The fraction of sp³-hybridized carbons (Fsp3) is 0.273. The van der Waals surface area contributed by atoms with Crippen LogP contribution in [-0.4, -0.2) is 27.6 Å². The number of carbonyl (C=O) groups excluding carboxylic acids is 1. The van der Waals surface area contributed by atoms with Gasteiger partial charge in [-0.1, -0.05) is 0 Å². The fourth-order valence-corrected chi connectivity index (χ4v) is 1.71. The standard InChI is InChI=1S/C11H10BrNO4/c12-7-2-1-6(5-8(7)14)9(15)13-11(3-4-11)10(16)17/h1-2,5,14H,3-4H2,(H,13,15)(H,16,17). The summed E-state index contributed by atoms with van der Waals surface area (Å²) in [5.74, 6) is -1.57. The van der Waals surface area contributed by atoms with Crippen molar-refractivity contribution in [3.63, 3.8) is 0 Å². The number of amides is 1. The lowest BCUT2D eigenvalue weighted by Gasteiger charge is -2.12. The van der Waals surface area contributed by atoms with Crippen molar-refractivity contribution in [1.29, 1.82) is 0 Å².